The molecule has 82 valence electrons. The van der Waals surface area contributed by atoms with Crippen LogP contribution >= 0.6 is 0 Å². The third kappa shape index (κ3) is 1.43. The molecule has 0 aliphatic heterocycles. The van der Waals surface area contributed by atoms with Crippen LogP contribution in [0.1, 0.15) is 24.0 Å². The third-order valence-corrected chi connectivity index (χ3v) is 3.85. The Labute approximate surface area is 96.3 Å². The lowest BCUT2D eigenvalue weighted by molar-refractivity contribution is 0.706. The topological polar surface area (TPSA) is 26.0 Å². The van der Waals surface area contributed by atoms with Gasteiger partial charge in [0.25, 0.3) is 0 Å². The highest BCUT2D eigenvalue weighted by Crippen LogP contribution is 2.47. The molecule has 0 saturated heterocycles. The minimum absolute atomic E-state index is 0.305. The van der Waals surface area contributed by atoms with E-state index in [2.05, 4.69) is 43.3 Å². The molecule has 1 heteroatoms. The van der Waals surface area contributed by atoms with Gasteiger partial charge in [-0.25, -0.2) is 0 Å². The average molecular weight is 211 g/mol. The highest BCUT2D eigenvalue weighted by atomic mass is 14.7. The van der Waals surface area contributed by atoms with E-state index in [0.29, 0.717) is 5.41 Å². The van der Waals surface area contributed by atoms with Gasteiger partial charge in [-0.3, -0.25) is 0 Å². The SMILES string of the molecule is Cc1ccc2cc(C3(CN)CC3)ccc2c1. The van der Waals surface area contributed by atoms with Gasteiger partial charge in [-0.05, 0) is 36.1 Å². The highest BCUT2D eigenvalue weighted by molar-refractivity contribution is 5.84. The van der Waals surface area contributed by atoms with Crippen molar-refractivity contribution in [3.05, 3.63) is 47.5 Å². The van der Waals surface area contributed by atoms with Gasteiger partial charge < -0.3 is 5.73 Å². The Kier molecular flexibility index (Phi) is 2.05. The van der Waals surface area contributed by atoms with Gasteiger partial charge in [-0.1, -0.05) is 42.0 Å². The van der Waals surface area contributed by atoms with Crippen molar-refractivity contribution in [1.82, 2.24) is 0 Å². The molecule has 2 aromatic rings. The molecule has 2 N–H and O–H groups in total. The van der Waals surface area contributed by atoms with Gasteiger partial charge in [0.2, 0.25) is 0 Å². The summed E-state index contributed by atoms with van der Waals surface area (Å²) < 4.78 is 0. The minimum atomic E-state index is 0.305. The Bertz CT molecular complexity index is 538. The van der Waals surface area contributed by atoms with Crippen LogP contribution in [0.15, 0.2) is 36.4 Å². The largest absolute Gasteiger partial charge is 0.330 e. The smallest absolute Gasteiger partial charge is 0.00764 e. The lowest BCUT2D eigenvalue weighted by Gasteiger charge is -2.13. The monoisotopic (exact) mass is 211 g/mol. The lowest BCUT2D eigenvalue weighted by atomic mass is 9.93. The van der Waals surface area contributed by atoms with Crippen LogP contribution in [0.5, 0.6) is 0 Å². The summed E-state index contributed by atoms with van der Waals surface area (Å²) in [5, 5.41) is 2.67. The molecule has 16 heavy (non-hydrogen) atoms. The summed E-state index contributed by atoms with van der Waals surface area (Å²) in [7, 11) is 0. The predicted molar refractivity (Wildman–Crippen MR) is 68.7 cm³/mol. The number of nitrogens with two attached hydrogens (primary N) is 1. The fourth-order valence-corrected chi connectivity index (χ4v) is 2.46. The van der Waals surface area contributed by atoms with Crippen molar-refractivity contribution in [1.29, 1.82) is 0 Å². The standard InChI is InChI=1S/C15H17N/c1-11-2-3-13-9-14(5-4-12(13)8-11)15(10-16)6-7-15/h2-5,8-9H,6-7,10,16H2,1H3. The molecule has 1 nitrogen and oxygen atoms in total. The summed E-state index contributed by atoms with van der Waals surface area (Å²) in [6.07, 6.45) is 2.50. The molecule has 1 saturated carbocycles. The van der Waals surface area contributed by atoms with Crippen LogP contribution in [0.25, 0.3) is 10.8 Å². The molecule has 0 bridgehead atoms. The lowest BCUT2D eigenvalue weighted by Crippen LogP contribution is -2.19. The van der Waals surface area contributed by atoms with E-state index in [4.69, 9.17) is 5.73 Å². The van der Waals surface area contributed by atoms with Crippen molar-refractivity contribution in [3.8, 4) is 0 Å². The normalized spacial score (nSPS) is 17.6. The molecule has 1 aliphatic carbocycles. The molecule has 0 atom stereocenters. The fourth-order valence-electron chi connectivity index (χ4n) is 2.46. The molecule has 3 rings (SSSR count). The van der Waals surface area contributed by atoms with Gasteiger partial charge in [0.1, 0.15) is 0 Å². The van der Waals surface area contributed by atoms with E-state index in [9.17, 15) is 0 Å². The highest BCUT2D eigenvalue weighted by Gasteiger charge is 2.42. The first-order valence-electron chi connectivity index (χ1n) is 5.94. The van der Waals surface area contributed by atoms with Gasteiger partial charge in [-0.2, -0.15) is 0 Å². The summed E-state index contributed by atoms with van der Waals surface area (Å²) in [6, 6.07) is 13.4. The maximum atomic E-state index is 5.87. The predicted octanol–water partition coefficient (Wildman–Crippen LogP) is 3.14. The van der Waals surface area contributed by atoms with Crippen LogP contribution in [-0.4, -0.2) is 6.54 Å². The summed E-state index contributed by atoms with van der Waals surface area (Å²) in [6.45, 7) is 2.92. The van der Waals surface area contributed by atoms with Crippen LogP contribution in [-0.2, 0) is 5.41 Å². The van der Waals surface area contributed by atoms with Gasteiger partial charge >= 0.3 is 0 Å². The minimum Gasteiger partial charge on any atom is -0.330 e. The number of hydrogen-bond acceptors (Lipinski definition) is 1. The molecule has 1 fully saturated rings. The van der Waals surface area contributed by atoms with E-state index < -0.39 is 0 Å². The quantitative estimate of drug-likeness (QED) is 0.811. The fraction of sp³-hybridized carbons (Fsp3) is 0.333. The summed E-state index contributed by atoms with van der Waals surface area (Å²) in [5.41, 5.74) is 8.92. The van der Waals surface area contributed by atoms with Crippen molar-refractivity contribution in [3.63, 3.8) is 0 Å². The van der Waals surface area contributed by atoms with Crippen molar-refractivity contribution < 1.29 is 0 Å². The maximum Gasteiger partial charge on any atom is 0.00764 e. The van der Waals surface area contributed by atoms with Crippen molar-refractivity contribution in [2.45, 2.75) is 25.2 Å². The zero-order valence-corrected chi connectivity index (χ0v) is 9.66. The first-order chi connectivity index (χ1) is 7.73. The molecule has 0 heterocycles. The van der Waals surface area contributed by atoms with E-state index in [-0.39, 0.29) is 0 Å². The Morgan fingerprint density at radius 3 is 2.44 bits per heavy atom. The average Bonchev–Trinajstić information content (AvgIpc) is 3.09. The van der Waals surface area contributed by atoms with Gasteiger partial charge in [0, 0.05) is 12.0 Å². The second-order valence-corrected chi connectivity index (χ2v) is 5.05. The third-order valence-electron chi connectivity index (χ3n) is 3.85. The Hall–Kier alpha value is -1.34. The number of aryl methyl sites for hydroxylation is 1. The van der Waals surface area contributed by atoms with Gasteiger partial charge in [0.15, 0.2) is 0 Å². The summed E-state index contributed by atoms with van der Waals surface area (Å²) in [4.78, 5) is 0. The van der Waals surface area contributed by atoms with Crippen LogP contribution in [0.3, 0.4) is 0 Å². The maximum absolute atomic E-state index is 5.87. The van der Waals surface area contributed by atoms with E-state index in [0.717, 1.165) is 6.54 Å². The zero-order chi connectivity index (χ0) is 11.2. The Balaban J connectivity index is 2.13. The van der Waals surface area contributed by atoms with E-state index in [1.165, 1.54) is 34.7 Å². The van der Waals surface area contributed by atoms with Crippen LogP contribution in [0, 0.1) is 6.92 Å². The van der Waals surface area contributed by atoms with Crippen molar-refractivity contribution in [2.75, 3.05) is 6.54 Å². The van der Waals surface area contributed by atoms with Crippen LogP contribution in [0.2, 0.25) is 0 Å². The van der Waals surface area contributed by atoms with Gasteiger partial charge in [-0.15, -0.1) is 0 Å². The zero-order valence-electron chi connectivity index (χ0n) is 9.66. The molecular weight excluding hydrogens is 194 g/mol. The molecule has 0 unspecified atom stereocenters. The summed E-state index contributed by atoms with van der Waals surface area (Å²) in [5.74, 6) is 0. The molecular formula is C15H17N. The first-order valence-corrected chi connectivity index (χ1v) is 5.94. The number of rotatable bonds is 2. The number of hydrogen-bond donors (Lipinski definition) is 1. The van der Waals surface area contributed by atoms with E-state index in [1.807, 2.05) is 0 Å². The molecule has 0 spiro atoms. The molecule has 2 aromatic carbocycles. The second-order valence-electron chi connectivity index (χ2n) is 5.05. The van der Waals surface area contributed by atoms with Crippen molar-refractivity contribution >= 4 is 10.8 Å². The van der Waals surface area contributed by atoms with E-state index in [1.54, 1.807) is 0 Å². The number of benzene rings is 2. The van der Waals surface area contributed by atoms with Gasteiger partial charge in [0.05, 0.1) is 0 Å². The molecule has 0 amide bonds. The van der Waals surface area contributed by atoms with Crippen LogP contribution in [0.4, 0.5) is 0 Å². The molecule has 0 radical (unpaired) electrons. The Morgan fingerprint density at radius 2 is 1.75 bits per heavy atom. The van der Waals surface area contributed by atoms with Crippen molar-refractivity contribution in [2.24, 2.45) is 5.73 Å². The van der Waals surface area contributed by atoms with E-state index >= 15 is 0 Å². The number of fused-ring (bicyclic) bond motifs is 1. The Morgan fingerprint density at radius 1 is 1.06 bits per heavy atom. The van der Waals surface area contributed by atoms with Crippen LogP contribution < -0.4 is 5.73 Å². The second kappa shape index (κ2) is 3.33. The first kappa shape index (κ1) is 9.86. The molecule has 0 aromatic heterocycles. The summed E-state index contributed by atoms with van der Waals surface area (Å²) >= 11 is 0. The molecule has 1 aliphatic rings.